The fourth-order valence-corrected chi connectivity index (χ4v) is 5.81. The Bertz CT molecular complexity index is 1240. The molecule has 1 aromatic carbocycles. The number of rotatable bonds is 4. The van der Waals surface area contributed by atoms with Crippen LogP contribution in [0, 0.1) is 6.92 Å². The predicted molar refractivity (Wildman–Crippen MR) is 116 cm³/mol. The number of imidazole rings is 1. The second kappa shape index (κ2) is 7.46. The molecule has 1 aliphatic rings. The molecule has 10 heteroatoms. The maximum Gasteiger partial charge on any atom is 0.243 e. The molecule has 0 N–H and O–H groups in total. The summed E-state index contributed by atoms with van der Waals surface area (Å²) in [7, 11) is -3.47. The quantitative estimate of drug-likeness (QED) is 0.485. The molecular weight excluding hydrogens is 420 g/mol. The van der Waals surface area contributed by atoms with Gasteiger partial charge in [0.2, 0.25) is 20.1 Å². The third kappa shape index (κ3) is 3.47. The second-order valence-corrected chi connectivity index (χ2v) is 10.1. The molecule has 1 aliphatic heterocycles. The summed E-state index contributed by atoms with van der Waals surface area (Å²) in [5, 5.41) is 5.50. The second-order valence-electron chi connectivity index (χ2n) is 7.18. The van der Waals surface area contributed by atoms with Gasteiger partial charge in [-0.1, -0.05) is 29.0 Å². The lowest BCUT2D eigenvalue weighted by atomic mass is 10.2. The van der Waals surface area contributed by atoms with Crippen LogP contribution in [0.3, 0.4) is 0 Å². The van der Waals surface area contributed by atoms with Crippen molar-refractivity contribution in [3.8, 4) is 11.3 Å². The average Bonchev–Trinajstić information content (AvgIpc) is 3.34. The molecule has 0 bridgehead atoms. The van der Waals surface area contributed by atoms with Crippen LogP contribution in [0.15, 0.2) is 59.9 Å². The number of sulfonamides is 1. The number of aromatic nitrogens is 4. The summed E-state index contributed by atoms with van der Waals surface area (Å²) < 4.78 is 29.1. The van der Waals surface area contributed by atoms with Gasteiger partial charge in [0.05, 0.1) is 16.8 Å². The van der Waals surface area contributed by atoms with E-state index in [-0.39, 0.29) is 0 Å². The van der Waals surface area contributed by atoms with Crippen LogP contribution in [0.2, 0.25) is 0 Å². The van der Waals surface area contributed by atoms with E-state index in [4.69, 9.17) is 0 Å². The van der Waals surface area contributed by atoms with Gasteiger partial charge in [0.15, 0.2) is 0 Å². The van der Waals surface area contributed by atoms with Crippen LogP contribution >= 0.6 is 11.3 Å². The zero-order chi connectivity index (χ0) is 20.7. The van der Waals surface area contributed by atoms with E-state index in [0.29, 0.717) is 31.1 Å². The number of hydrogen-bond donors (Lipinski definition) is 0. The summed E-state index contributed by atoms with van der Waals surface area (Å²) in [6, 6.07) is 10.8. The smallest absolute Gasteiger partial charge is 0.243 e. The Balaban J connectivity index is 1.30. The van der Waals surface area contributed by atoms with E-state index in [2.05, 4.69) is 20.0 Å². The Kier molecular flexibility index (Phi) is 4.76. The molecule has 1 saturated heterocycles. The Morgan fingerprint density at radius 1 is 1.03 bits per heavy atom. The van der Waals surface area contributed by atoms with Crippen molar-refractivity contribution in [2.24, 2.45) is 0 Å². The van der Waals surface area contributed by atoms with Crippen LogP contribution in [-0.4, -0.2) is 58.5 Å². The summed E-state index contributed by atoms with van der Waals surface area (Å²) in [5.41, 5.74) is 2.83. The van der Waals surface area contributed by atoms with Gasteiger partial charge in [-0.15, -0.1) is 5.10 Å². The first-order valence-electron chi connectivity index (χ1n) is 9.59. The van der Waals surface area contributed by atoms with Crippen LogP contribution in [0.1, 0.15) is 5.56 Å². The number of piperazine rings is 1. The van der Waals surface area contributed by atoms with Crippen molar-refractivity contribution in [2.75, 3.05) is 31.1 Å². The van der Waals surface area contributed by atoms with Crippen LogP contribution in [-0.2, 0) is 10.0 Å². The van der Waals surface area contributed by atoms with Crippen molar-refractivity contribution in [2.45, 2.75) is 11.8 Å². The number of anilines is 1. The van der Waals surface area contributed by atoms with Gasteiger partial charge in [-0.05, 0) is 31.2 Å². The number of hydrogen-bond acceptors (Lipinski definition) is 7. The highest BCUT2D eigenvalue weighted by Crippen LogP contribution is 2.28. The molecular formula is C20H20N6O2S2. The number of aryl methyl sites for hydroxylation is 1. The van der Waals surface area contributed by atoms with Gasteiger partial charge in [0.25, 0.3) is 0 Å². The van der Waals surface area contributed by atoms with Crippen molar-refractivity contribution in [3.05, 3.63) is 60.6 Å². The van der Waals surface area contributed by atoms with E-state index in [1.807, 2.05) is 37.4 Å². The molecule has 3 aromatic heterocycles. The molecule has 30 heavy (non-hydrogen) atoms. The standard InChI is InChI=1S/C20H20N6O2S2/c1-15-4-6-17(7-5-15)30(27,28)25-11-9-24(10-12-25)20-23-26-14-18(22-19(26)29-20)16-3-2-8-21-13-16/h2-8,13-14H,9-12H2,1H3. The van der Waals surface area contributed by atoms with Crippen LogP contribution < -0.4 is 4.90 Å². The molecule has 8 nitrogen and oxygen atoms in total. The van der Waals surface area contributed by atoms with Crippen molar-refractivity contribution in [3.63, 3.8) is 0 Å². The van der Waals surface area contributed by atoms with Gasteiger partial charge in [-0.3, -0.25) is 4.98 Å². The van der Waals surface area contributed by atoms with Gasteiger partial charge in [0, 0.05) is 44.1 Å². The van der Waals surface area contributed by atoms with E-state index >= 15 is 0 Å². The maximum atomic E-state index is 12.9. The SMILES string of the molecule is Cc1ccc(S(=O)(=O)N2CCN(c3nn4cc(-c5cccnc5)nc4s3)CC2)cc1. The molecule has 0 spiro atoms. The monoisotopic (exact) mass is 440 g/mol. The zero-order valence-electron chi connectivity index (χ0n) is 16.3. The molecule has 4 aromatic rings. The number of benzene rings is 1. The first-order chi connectivity index (χ1) is 14.5. The third-order valence-electron chi connectivity index (χ3n) is 5.16. The molecule has 1 fully saturated rings. The summed E-state index contributed by atoms with van der Waals surface area (Å²) in [6.45, 7) is 3.99. The van der Waals surface area contributed by atoms with Crippen molar-refractivity contribution >= 4 is 31.5 Å². The minimum atomic E-state index is -3.47. The Morgan fingerprint density at radius 3 is 2.47 bits per heavy atom. The van der Waals surface area contributed by atoms with Gasteiger partial charge in [-0.25, -0.2) is 17.9 Å². The van der Waals surface area contributed by atoms with Crippen LogP contribution in [0.25, 0.3) is 16.2 Å². The maximum absolute atomic E-state index is 12.9. The normalized spacial score (nSPS) is 15.7. The van der Waals surface area contributed by atoms with Gasteiger partial charge in [-0.2, -0.15) is 4.31 Å². The van der Waals surface area contributed by atoms with Crippen LogP contribution in [0.4, 0.5) is 5.13 Å². The third-order valence-corrected chi connectivity index (χ3v) is 8.05. The molecule has 0 radical (unpaired) electrons. The van der Waals surface area contributed by atoms with Crippen LogP contribution in [0.5, 0.6) is 0 Å². The molecule has 5 rings (SSSR count). The zero-order valence-corrected chi connectivity index (χ0v) is 18.0. The van der Waals surface area contributed by atoms with E-state index in [0.717, 1.165) is 26.9 Å². The number of pyridine rings is 1. The molecule has 0 amide bonds. The lowest BCUT2D eigenvalue weighted by Gasteiger charge is -2.33. The topological polar surface area (TPSA) is 83.7 Å². The summed E-state index contributed by atoms with van der Waals surface area (Å²) in [6.07, 6.45) is 5.41. The molecule has 0 saturated carbocycles. The number of nitrogens with zero attached hydrogens (tertiary/aromatic N) is 6. The number of fused-ring (bicyclic) bond motifs is 1. The molecule has 4 heterocycles. The summed E-state index contributed by atoms with van der Waals surface area (Å²) in [5.74, 6) is 0. The van der Waals surface area contributed by atoms with Gasteiger partial charge in [0.1, 0.15) is 0 Å². The van der Waals surface area contributed by atoms with E-state index in [1.165, 1.54) is 11.3 Å². The minimum absolute atomic E-state index is 0.345. The fraction of sp³-hybridized carbons (Fsp3) is 0.250. The fourth-order valence-electron chi connectivity index (χ4n) is 3.45. The first kappa shape index (κ1) is 19.2. The van der Waals surface area contributed by atoms with Gasteiger partial charge >= 0.3 is 0 Å². The Labute approximate surface area is 178 Å². The van der Waals surface area contributed by atoms with Crippen molar-refractivity contribution in [1.82, 2.24) is 23.9 Å². The highest BCUT2D eigenvalue weighted by atomic mass is 32.2. The summed E-state index contributed by atoms with van der Waals surface area (Å²) in [4.78, 5) is 12.0. The van der Waals surface area contributed by atoms with E-state index in [1.54, 1.807) is 33.3 Å². The molecule has 154 valence electrons. The summed E-state index contributed by atoms with van der Waals surface area (Å²) >= 11 is 1.50. The molecule has 0 unspecified atom stereocenters. The Morgan fingerprint density at radius 2 is 1.80 bits per heavy atom. The highest BCUT2D eigenvalue weighted by molar-refractivity contribution is 7.89. The Hall–Kier alpha value is -2.82. The highest BCUT2D eigenvalue weighted by Gasteiger charge is 2.29. The molecule has 0 atom stereocenters. The predicted octanol–water partition coefficient (Wildman–Crippen LogP) is 2.67. The minimum Gasteiger partial charge on any atom is -0.344 e. The van der Waals surface area contributed by atoms with Gasteiger partial charge < -0.3 is 4.90 Å². The molecule has 0 aliphatic carbocycles. The lowest BCUT2D eigenvalue weighted by Crippen LogP contribution is -2.48. The van der Waals surface area contributed by atoms with E-state index < -0.39 is 10.0 Å². The van der Waals surface area contributed by atoms with Crippen molar-refractivity contribution in [1.29, 1.82) is 0 Å². The average molecular weight is 441 g/mol. The van der Waals surface area contributed by atoms with E-state index in [9.17, 15) is 8.42 Å². The lowest BCUT2D eigenvalue weighted by molar-refractivity contribution is 0.384. The largest absolute Gasteiger partial charge is 0.344 e. The first-order valence-corrected chi connectivity index (χ1v) is 11.8. The van der Waals surface area contributed by atoms with Crippen molar-refractivity contribution < 1.29 is 8.42 Å².